The van der Waals surface area contributed by atoms with Crippen LogP contribution in [0, 0.1) is 6.92 Å². The van der Waals surface area contributed by atoms with Crippen molar-refractivity contribution in [3.05, 3.63) is 93.0 Å². The lowest BCUT2D eigenvalue weighted by molar-refractivity contribution is -0.136. The van der Waals surface area contributed by atoms with E-state index in [9.17, 15) is 9.00 Å². The van der Waals surface area contributed by atoms with Crippen molar-refractivity contribution in [3.8, 4) is 5.75 Å². The third kappa shape index (κ3) is 9.33. The zero-order chi connectivity index (χ0) is 37.8. The Morgan fingerprint density at radius 2 is 1.45 bits per heavy atom. The highest BCUT2D eigenvalue weighted by Gasteiger charge is 2.45. The van der Waals surface area contributed by atoms with Crippen LogP contribution in [0.15, 0.2) is 70.6 Å². The number of morpholine rings is 1. The summed E-state index contributed by atoms with van der Waals surface area (Å²) >= 11 is 12.8. The van der Waals surface area contributed by atoms with Gasteiger partial charge in [-0.2, -0.15) is 0 Å². The van der Waals surface area contributed by atoms with E-state index in [1.165, 1.54) is 0 Å². The molecule has 4 aliphatic heterocycles. The second kappa shape index (κ2) is 18.8. The largest absolute Gasteiger partial charge is 0.493 e. The highest BCUT2D eigenvalue weighted by molar-refractivity contribution is 7.82. The van der Waals surface area contributed by atoms with Crippen LogP contribution in [0.4, 0.5) is 4.79 Å². The summed E-state index contributed by atoms with van der Waals surface area (Å²) in [6.45, 7) is 10.4. The summed E-state index contributed by atoms with van der Waals surface area (Å²) in [5.41, 5.74) is 3.22. The number of hydrogen-bond donors (Lipinski definition) is 0. The number of ether oxygens (including phenoxy) is 2. The first kappa shape index (κ1) is 41.4. The predicted octanol–water partition coefficient (Wildman–Crippen LogP) is 6.77. The number of urea groups is 1. The van der Waals surface area contributed by atoms with E-state index in [4.69, 9.17) is 37.7 Å². The summed E-state index contributed by atoms with van der Waals surface area (Å²) in [6.07, 6.45) is 3.14. The van der Waals surface area contributed by atoms with Crippen LogP contribution in [0.1, 0.15) is 60.5 Å². The van der Waals surface area contributed by atoms with Crippen molar-refractivity contribution in [2.24, 2.45) is 4.99 Å². The number of aryl methyl sites for hydroxylation is 1. The van der Waals surface area contributed by atoms with Gasteiger partial charge in [0.15, 0.2) is 0 Å². The van der Waals surface area contributed by atoms with Crippen LogP contribution < -0.4 is 4.74 Å². The number of halogens is 3. The Balaban J connectivity index is 0.00000514. The van der Waals surface area contributed by atoms with Gasteiger partial charge in [-0.3, -0.25) is 19.6 Å². The molecule has 0 saturated carbocycles. The summed E-state index contributed by atoms with van der Waals surface area (Å²) in [4.78, 5) is 41.9. The molecule has 3 fully saturated rings. The highest BCUT2D eigenvalue weighted by atomic mass is 35.5. The molecule has 0 N–H and O–H groups in total. The van der Waals surface area contributed by atoms with Gasteiger partial charge in [-0.15, -0.1) is 12.4 Å². The number of amidine groups is 1. The van der Waals surface area contributed by atoms with E-state index in [0.29, 0.717) is 97.7 Å². The monoisotopic (exact) mass is 830 g/mol. The molecule has 3 atom stereocenters. The van der Waals surface area contributed by atoms with Crippen molar-refractivity contribution in [2.45, 2.75) is 50.1 Å². The molecular formula is C40H49Cl3N6O5S. The SMILES string of the molecule is CCOc1cc(C)c(S(=O)N2CCCCC2)cc1C1=N[C@@H](c2ccc(Cl)cc2)[C@@H](c2ccc(Cl)cc2)N1C(=O)N1CCN(CC(=O)N2CCOCC2)CC1.Cl. The number of nitrogens with zero attached hydrogens (tertiary/aromatic N) is 6. The Morgan fingerprint density at radius 3 is 2.07 bits per heavy atom. The number of hydrogen-bond acceptors (Lipinski definition) is 7. The van der Waals surface area contributed by atoms with Crippen LogP contribution in [0.2, 0.25) is 10.0 Å². The molecule has 4 aliphatic rings. The Kier molecular flexibility index (Phi) is 14.2. The highest BCUT2D eigenvalue weighted by Crippen LogP contribution is 2.46. The van der Waals surface area contributed by atoms with Crippen molar-refractivity contribution in [2.75, 3.05) is 78.7 Å². The van der Waals surface area contributed by atoms with Gasteiger partial charge in [0.25, 0.3) is 0 Å². The maximum atomic E-state index is 15.2. The van der Waals surface area contributed by atoms with Gasteiger partial charge in [-0.25, -0.2) is 13.3 Å². The van der Waals surface area contributed by atoms with E-state index in [-0.39, 0.29) is 24.3 Å². The fourth-order valence-corrected chi connectivity index (χ4v) is 9.35. The maximum absolute atomic E-state index is 15.2. The predicted molar refractivity (Wildman–Crippen MR) is 219 cm³/mol. The molecule has 11 nitrogen and oxygen atoms in total. The van der Waals surface area contributed by atoms with E-state index in [2.05, 4.69) is 4.90 Å². The second-order valence-corrected chi connectivity index (χ2v) is 16.5. The smallest absolute Gasteiger partial charge is 0.326 e. The number of rotatable bonds is 9. The van der Waals surface area contributed by atoms with E-state index in [0.717, 1.165) is 49.0 Å². The molecule has 1 unspecified atom stereocenters. The Labute approximate surface area is 342 Å². The summed E-state index contributed by atoms with van der Waals surface area (Å²) in [6, 6.07) is 17.7. The first-order chi connectivity index (χ1) is 26.2. The second-order valence-electron chi connectivity index (χ2n) is 14.1. The fraction of sp³-hybridized carbons (Fsp3) is 0.475. The standard InChI is InChI=1S/C40H48Cl2N6O5S.ClH/c1-3-53-34-25-28(2)35(54(51)47-15-5-4-6-16-47)26-33(34)39-43-37(29-7-11-31(41)12-8-29)38(30-9-13-32(42)14-10-30)48(39)40(50)46-19-17-44(18-20-46)27-36(49)45-21-23-52-24-22-45;/h7-14,25-26,37-38H,3-6,15-24,27H2,1-2H3;1H/t37-,38+,54?;/m0./s1. The van der Waals surface area contributed by atoms with Gasteiger partial charge in [0, 0.05) is 62.4 Å². The molecular weight excluding hydrogens is 783 g/mol. The van der Waals surface area contributed by atoms with Crippen molar-refractivity contribution in [1.29, 1.82) is 0 Å². The third-order valence-corrected chi connectivity index (χ3v) is 12.8. The average molecular weight is 832 g/mol. The summed E-state index contributed by atoms with van der Waals surface area (Å²) in [5.74, 6) is 1.11. The minimum atomic E-state index is -1.40. The lowest BCUT2D eigenvalue weighted by Gasteiger charge is -2.39. The quantitative estimate of drug-likeness (QED) is 0.236. The number of amides is 3. The molecule has 3 saturated heterocycles. The summed E-state index contributed by atoms with van der Waals surface area (Å²) < 4.78 is 27.9. The minimum absolute atomic E-state index is 0. The van der Waals surface area contributed by atoms with Crippen LogP contribution in [0.3, 0.4) is 0 Å². The van der Waals surface area contributed by atoms with Crippen molar-refractivity contribution >= 4 is 64.4 Å². The normalized spacial score (nSPS) is 21.5. The number of carbonyl (C=O) groups is 2. The van der Waals surface area contributed by atoms with Crippen LogP contribution in [-0.4, -0.2) is 125 Å². The zero-order valence-electron chi connectivity index (χ0n) is 31.3. The van der Waals surface area contributed by atoms with Gasteiger partial charge in [-0.1, -0.05) is 53.9 Å². The summed E-state index contributed by atoms with van der Waals surface area (Å²) in [7, 11) is -1.40. The first-order valence-electron chi connectivity index (χ1n) is 18.9. The number of piperazine rings is 1. The first-order valence-corrected chi connectivity index (χ1v) is 20.8. The lowest BCUT2D eigenvalue weighted by atomic mass is 9.93. The Morgan fingerprint density at radius 1 is 0.836 bits per heavy atom. The van der Waals surface area contributed by atoms with Gasteiger partial charge in [0.05, 0.1) is 42.9 Å². The van der Waals surface area contributed by atoms with Gasteiger partial charge in [-0.05, 0) is 79.8 Å². The fourth-order valence-electron chi connectivity index (χ4n) is 7.68. The van der Waals surface area contributed by atoms with Crippen molar-refractivity contribution in [3.63, 3.8) is 0 Å². The maximum Gasteiger partial charge on any atom is 0.326 e. The molecule has 3 aromatic rings. The van der Waals surface area contributed by atoms with Crippen molar-refractivity contribution in [1.82, 2.24) is 23.9 Å². The number of carbonyl (C=O) groups excluding carboxylic acids is 2. The number of piperidine rings is 1. The van der Waals surface area contributed by atoms with Crippen molar-refractivity contribution < 1.29 is 23.3 Å². The van der Waals surface area contributed by atoms with Gasteiger partial charge < -0.3 is 19.3 Å². The molecule has 15 heteroatoms. The number of aliphatic imine (C=N–C) groups is 1. The Bertz CT molecular complexity index is 1860. The molecule has 7 rings (SSSR count). The van der Waals surface area contributed by atoms with Gasteiger partial charge in [0.2, 0.25) is 5.91 Å². The summed E-state index contributed by atoms with van der Waals surface area (Å²) in [5, 5.41) is 1.19. The molecule has 296 valence electrons. The molecule has 3 amide bonds. The topological polar surface area (TPSA) is 98.2 Å². The van der Waals surface area contributed by atoms with Gasteiger partial charge >= 0.3 is 6.03 Å². The minimum Gasteiger partial charge on any atom is -0.493 e. The van der Waals surface area contributed by atoms with Crippen LogP contribution in [0.5, 0.6) is 5.75 Å². The molecule has 0 spiro atoms. The van der Waals surface area contributed by atoms with Crippen LogP contribution in [0.25, 0.3) is 0 Å². The zero-order valence-corrected chi connectivity index (χ0v) is 34.5. The van der Waals surface area contributed by atoms with E-state index < -0.39 is 23.1 Å². The molecule has 4 heterocycles. The van der Waals surface area contributed by atoms with Crippen LogP contribution in [-0.2, 0) is 20.5 Å². The molecule has 0 aliphatic carbocycles. The van der Waals surface area contributed by atoms with E-state index in [1.807, 2.05) is 88.6 Å². The third-order valence-electron chi connectivity index (χ3n) is 10.6. The molecule has 55 heavy (non-hydrogen) atoms. The van der Waals surface area contributed by atoms with E-state index in [1.54, 1.807) is 4.90 Å². The average Bonchev–Trinajstić information content (AvgIpc) is 3.59. The molecule has 0 radical (unpaired) electrons. The lowest BCUT2D eigenvalue weighted by Crippen LogP contribution is -2.56. The molecule has 0 aromatic heterocycles. The van der Waals surface area contributed by atoms with Crippen LogP contribution >= 0.6 is 35.6 Å². The Hall–Kier alpha value is -3.23. The number of benzene rings is 3. The molecule has 0 bridgehead atoms. The van der Waals surface area contributed by atoms with E-state index >= 15 is 4.79 Å². The molecule has 3 aromatic carbocycles. The van der Waals surface area contributed by atoms with Gasteiger partial charge in [0.1, 0.15) is 28.6 Å².